The van der Waals surface area contributed by atoms with Gasteiger partial charge in [-0.15, -0.1) is 0 Å². The summed E-state index contributed by atoms with van der Waals surface area (Å²) in [4.78, 5) is 12.1. The second-order valence-electron chi connectivity index (χ2n) is 5.85. The summed E-state index contributed by atoms with van der Waals surface area (Å²) in [6.07, 6.45) is 4.08. The number of hydrogen-bond donors (Lipinski definition) is 1. The molecule has 0 aliphatic heterocycles. The van der Waals surface area contributed by atoms with Crippen LogP contribution < -0.4 is 10.1 Å². The first-order valence-corrected chi connectivity index (χ1v) is 8.73. The molecule has 1 amide bonds. The van der Waals surface area contributed by atoms with Gasteiger partial charge in [-0.3, -0.25) is 9.48 Å². The molecule has 3 rings (SSSR count). The summed E-state index contributed by atoms with van der Waals surface area (Å²) < 4.78 is 13.0. The van der Waals surface area contributed by atoms with Crippen molar-refractivity contribution in [2.75, 3.05) is 6.54 Å². The molecule has 6 nitrogen and oxygen atoms in total. The number of nitrogens with zero attached hydrogens (tertiary/aromatic N) is 2. The Hall–Kier alpha value is -2.73. The first kappa shape index (κ1) is 18.1. The molecule has 0 spiro atoms. The maximum atomic E-state index is 12.1. The minimum absolute atomic E-state index is 0.245. The quantitative estimate of drug-likeness (QED) is 0.609. The van der Waals surface area contributed by atoms with E-state index in [9.17, 15) is 4.79 Å². The van der Waals surface area contributed by atoms with Crippen LogP contribution in [0.5, 0.6) is 5.75 Å². The third kappa shape index (κ3) is 4.89. The summed E-state index contributed by atoms with van der Waals surface area (Å²) in [6.45, 7) is 3.46. The van der Waals surface area contributed by atoms with Crippen LogP contribution in [-0.4, -0.2) is 22.2 Å². The maximum Gasteiger partial charge on any atom is 0.286 e. The van der Waals surface area contributed by atoms with Crippen molar-refractivity contribution in [3.63, 3.8) is 0 Å². The van der Waals surface area contributed by atoms with Gasteiger partial charge in [-0.1, -0.05) is 29.8 Å². The molecular weight excluding hydrogens is 354 g/mol. The lowest BCUT2D eigenvalue weighted by molar-refractivity contribution is 0.0920. The van der Waals surface area contributed by atoms with Gasteiger partial charge in [0.1, 0.15) is 18.1 Å². The number of aromatic nitrogens is 2. The van der Waals surface area contributed by atoms with E-state index in [4.69, 9.17) is 20.8 Å². The minimum atomic E-state index is -0.245. The Morgan fingerprint density at radius 2 is 2.15 bits per heavy atom. The average Bonchev–Trinajstić information content (AvgIpc) is 3.27. The van der Waals surface area contributed by atoms with E-state index < -0.39 is 0 Å². The number of rotatable bonds is 8. The second-order valence-corrected chi connectivity index (χ2v) is 6.29. The van der Waals surface area contributed by atoms with Crippen molar-refractivity contribution in [1.29, 1.82) is 0 Å². The molecule has 0 saturated heterocycles. The zero-order valence-electron chi connectivity index (χ0n) is 14.4. The summed E-state index contributed by atoms with van der Waals surface area (Å²) in [6, 6.07) is 11.2. The van der Waals surface area contributed by atoms with Gasteiger partial charge in [0.25, 0.3) is 5.91 Å². The van der Waals surface area contributed by atoms with Crippen LogP contribution >= 0.6 is 11.6 Å². The number of aryl methyl sites for hydroxylation is 2. The van der Waals surface area contributed by atoms with Gasteiger partial charge in [-0.05, 0) is 37.1 Å². The largest absolute Gasteiger partial charge is 0.485 e. The standard InChI is InChI=1S/C19H20ClN3O3/c1-14-5-2-3-6-17(14)25-13-16-7-8-18(26-16)19(24)21-9-4-10-23-12-15(20)11-22-23/h2-3,5-8,11-12H,4,9-10,13H2,1H3,(H,21,24). The fraction of sp³-hybridized carbons (Fsp3) is 0.263. The van der Waals surface area contributed by atoms with Crippen LogP contribution in [0.2, 0.25) is 5.02 Å². The third-order valence-corrected chi connectivity index (χ3v) is 4.00. The van der Waals surface area contributed by atoms with Gasteiger partial charge in [-0.2, -0.15) is 5.10 Å². The van der Waals surface area contributed by atoms with Gasteiger partial charge in [0.15, 0.2) is 5.76 Å². The molecule has 0 aliphatic rings. The van der Waals surface area contributed by atoms with Crippen LogP contribution in [0.1, 0.15) is 28.3 Å². The van der Waals surface area contributed by atoms with E-state index >= 15 is 0 Å². The molecule has 0 atom stereocenters. The predicted octanol–water partition coefficient (Wildman–Crippen LogP) is 3.84. The molecule has 2 heterocycles. The highest BCUT2D eigenvalue weighted by Crippen LogP contribution is 2.18. The number of carbonyl (C=O) groups is 1. The van der Waals surface area contributed by atoms with E-state index in [1.807, 2.05) is 31.2 Å². The summed E-state index contributed by atoms with van der Waals surface area (Å²) in [5, 5.41) is 7.51. The Morgan fingerprint density at radius 3 is 2.92 bits per heavy atom. The average molecular weight is 374 g/mol. The Morgan fingerprint density at radius 1 is 1.31 bits per heavy atom. The highest BCUT2D eigenvalue weighted by molar-refractivity contribution is 6.30. The van der Waals surface area contributed by atoms with E-state index in [0.29, 0.717) is 23.9 Å². The van der Waals surface area contributed by atoms with Crippen molar-refractivity contribution in [3.05, 3.63) is 70.9 Å². The lowest BCUT2D eigenvalue weighted by Crippen LogP contribution is -2.24. The van der Waals surface area contributed by atoms with Crippen molar-refractivity contribution in [1.82, 2.24) is 15.1 Å². The van der Waals surface area contributed by atoms with Gasteiger partial charge in [0.2, 0.25) is 0 Å². The molecule has 0 saturated carbocycles. The molecule has 26 heavy (non-hydrogen) atoms. The first-order valence-electron chi connectivity index (χ1n) is 8.35. The van der Waals surface area contributed by atoms with E-state index in [1.54, 1.807) is 29.2 Å². The number of halogens is 1. The smallest absolute Gasteiger partial charge is 0.286 e. The van der Waals surface area contributed by atoms with Crippen molar-refractivity contribution < 1.29 is 13.9 Å². The van der Waals surface area contributed by atoms with Crippen molar-refractivity contribution in [2.24, 2.45) is 0 Å². The first-order chi connectivity index (χ1) is 12.6. The predicted molar refractivity (Wildman–Crippen MR) is 98.4 cm³/mol. The number of nitrogens with one attached hydrogen (secondary N) is 1. The Kier molecular flexibility index (Phi) is 5.96. The third-order valence-electron chi connectivity index (χ3n) is 3.80. The second kappa shape index (κ2) is 8.58. The molecule has 2 aromatic heterocycles. The molecule has 1 N–H and O–H groups in total. The molecule has 3 aromatic rings. The monoisotopic (exact) mass is 373 g/mol. The molecule has 1 aromatic carbocycles. The van der Waals surface area contributed by atoms with Crippen molar-refractivity contribution >= 4 is 17.5 Å². The number of carbonyl (C=O) groups excluding carboxylic acids is 1. The molecule has 0 bridgehead atoms. The van der Waals surface area contributed by atoms with E-state index in [0.717, 1.165) is 17.7 Å². The van der Waals surface area contributed by atoms with Gasteiger partial charge >= 0.3 is 0 Å². The Labute approximate surface area is 156 Å². The van der Waals surface area contributed by atoms with Crippen molar-refractivity contribution in [3.8, 4) is 5.75 Å². The number of furan rings is 1. The molecule has 136 valence electrons. The lowest BCUT2D eigenvalue weighted by atomic mass is 10.2. The fourth-order valence-electron chi connectivity index (χ4n) is 2.44. The zero-order chi connectivity index (χ0) is 18.4. The van der Waals surface area contributed by atoms with E-state index in [2.05, 4.69) is 10.4 Å². The normalized spacial score (nSPS) is 10.7. The van der Waals surface area contributed by atoms with E-state index in [1.165, 1.54) is 0 Å². The SMILES string of the molecule is Cc1ccccc1OCc1ccc(C(=O)NCCCn2cc(Cl)cn2)o1. The van der Waals surface area contributed by atoms with Crippen molar-refractivity contribution in [2.45, 2.75) is 26.5 Å². The van der Waals surface area contributed by atoms with Gasteiger partial charge in [0.05, 0.1) is 11.2 Å². The molecule has 0 unspecified atom stereocenters. The number of amides is 1. The van der Waals surface area contributed by atoms with Crippen LogP contribution in [0.4, 0.5) is 0 Å². The minimum Gasteiger partial charge on any atom is -0.485 e. The highest BCUT2D eigenvalue weighted by atomic mass is 35.5. The maximum absolute atomic E-state index is 12.1. The topological polar surface area (TPSA) is 69.3 Å². The molecule has 7 heteroatoms. The fourth-order valence-corrected chi connectivity index (χ4v) is 2.59. The van der Waals surface area contributed by atoms with E-state index in [-0.39, 0.29) is 18.3 Å². The summed E-state index contributed by atoms with van der Waals surface area (Å²) >= 11 is 5.80. The number of hydrogen-bond acceptors (Lipinski definition) is 4. The van der Waals surface area contributed by atoms with Gasteiger partial charge < -0.3 is 14.5 Å². The summed E-state index contributed by atoms with van der Waals surface area (Å²) in [5.41, 5.74) is 1.05. The highest BCUT2D eigenvalue weighted by Gasteiger charge is 2.11. The van der Waals surface area contributed by atoms with Crippen LogP contribution in [-0.2, 0) is 13.2 Å². The molecule has 0 radical (unpaired) electrons. The Balaban J connectivity index is 1.43. The summed E-state index contributed by atoms with van der Waals surface area (Å²) in [5.74, 6) is 1.43. The van der Waals surface area contributed by atoms with Crippen LogP contribution in [0.25, 0.3) is 0 Å². The number of ether oxygens (including phenoxy) is 1. The number of benzene rings is 1. The summed E-state index contributed by atoms with van der Waals surface area (Å²) in [7, 11) is 0. The molecule has 0 fully saturated rings. The zero-order valence-corrected chi connectivity index (χ0v) is 15.2. The van der Waals surface area contributed by atoms with Crippen LogP contribution in [0.3, 0.4) is 0 Å². The van der Waals surface area contributed by atoms with Crippen LogP contribution in [0, 0.1) is 6.92 Å². The lowest BCUT2D eigenvalue weighted by Gasteiger charge is -2.07. The number of para-hydroxylation sites is 1. The van der Waals surface area contributed by atoms with Gasteiger partial charge in [0, 0.05) is 19.3 Å². The van der Waals surface area contributed by atoms with Crippen LogP contribution in [0.15, 0.2) is 53.2 Å². The molecular formula is C19H20ClN3O3. The Bertz CT molecular complexity index is 872. The molecule has 0 aliphatic carbocycles. The van der Waals surface area contributed by atoms with Gasteiger partial charge in [-0.25, -0.2) is 0 Å².